The van der Waals surface area contributed by atoms with Crippen molar-refractivity contribution in [1.29, 1.82) is 0 Å². The van der Waals surface area contributed by atoms with E-state index in [-0.39, 0.29) is 5.41 Å². The highest BCUT2D eigenvalue weighted by Gasteiger charge is 2.38. The maximum atomic E-state index is 11.4. The third kappa shape index (κ3) is 5.03. The first-order valence-corrected chi connectivity index (χ1v) is 11.3. The number of carbonyl (C=O) groups is 1. The average molecular weight is 430 g/mol. The molecule has 1 heterocycles. The van der Waals surface area contributed by atoms with Crippen LogP contribution in [0.4, 0.5) is 0 Å². The summed E-state index contributed by atoms with van der Waals surface area (Å²) in [5.41, 5.74) is 3.88. The molecule has 0 amide bonds. The van der Waals surface area contributed by atoms with Gasteiger partial charge >= 0.3 is 5.97 Å². The molecule has 4 heteroatoms. The number of benzene rings is 3. The Kier molecular flexibility index (Phi) is 6.61. The number of hydrogen-bond donors (Lipinski definition) is 1. The lowest BCUT2D eigenvalue weighted by Gasteiger charge is -2.45. The summed E-state index contributed by atoms with van der Waals surface area (Å²) < 4.78 is 6.00. The van der Waals surface area contributed by atoms with Crippen molar-refractivity contribution in [3.05, 3.63) is 101 Å². The summed E-state index contributed by atoms with van der Waals surface area (Å²) >= 11 is 0. The quantitative estimate of drug-likeness (QED) is 0.518. The molecule has 1 N–H and O–H groups in total. The van der Waals surface area contributed by atoms with Crippen molar-refractivity contribution in [3.63, 3.8) is 0 Å². The topological polar surface area (TPSA) is 49.8 Å². The SMILES string of the molecule is CC1CN(Cc2cccc(OCc3ccccc3)c2)CCC1(C)c1cccc(C(=O)O)c1. The van der Waals surface area contributed by atoms with Gasteiger partial charge in [-0.3, -0.25) is 4.90 Å². The van der Waals surface area contributed by atoms with Crippen LogP contribution in [-0.2, 0) is 18.6 Å². The number of ether oxygens (including phenoxy) is 1. The van der Waals surface area contributed by atoms with Gasteiger partial charge in [0.05, 0.1) is 5.56 Å². The van der Waals surface area contributed by atoms with Gasteiger partial charge in [0, 0.05) is 13.1 Å². The molecule has 4 rings (SSSR count). The number of aromatic carboxylic acids is 1. The molecule has 0 aliphatic carbocycles. The van der Waals surface area contributed by atoms with E-state index >= 15 is 0 Å². The molecule has 32 heavy (non-hydrogen) atoms. The molecule has 0 spiro atoms. The van der Waals surface area contributed by atoms with Crippen molar-refractivity contribution in [2.75, 3.05) is 13.1 Å². The molecule has 1 fully saturated rings. The molecule has 166 valence electrons. The van der Waals surface area contributed by atoms with Crippen LogP contribution in [0.1, 0.15) is 47.3 Å². The van der Waals surface area contributed by atoms with E-state index in [0.29, 0.717) is 18.1 Å². The van der Waals surface area contributed by atoms with Gasteiger partial charge in [-0.2, -0.15) is 0 Å². The second kappa shape index (κ2) is 9.58. The number of hydrogen-bond acceptors (Lipinski definition) is 3. The van der Waals surface area contributed by atoms with Gasteiger partial charge in [0.2, 0.25) is 0 Å². The minimum atomic E-state index is -0.866. The highest BCUT2D eigenvalue weighted by Crippen LogP contribution is 2.40. The zero-order valence-corrected chi connectivity index (χ0v) is 18.8. The average Bonchev–Trinajstić information content (AvgIpc) is 2.81. The van der Waals surface area contributed by atoms with Gasteiger partial charge in [-0.1, -0.05) is 68.4 Å². The van der Waals surface area contributed by atoms with E-state index in [1.165, 1.54) is 5.56 Å². The van der Waals surface area contributed by atoms with Crippen molar-refractivity contribution in [2.24, 2.45) is 5.92 Å². The normalized spacial score (nSPS) is 21.2. The molecule has 0 radical (unpaired) electrons. The number of carboxylic acid groups (broad SMARTS) is 1. The molecule has 1 saturated heterocycles. The molecule has 2 unspecified atom stereocenters. The summed E-state index contributed by atoms with van der Waals surface area (Å²) in [7, 11) is 0. The standard InChI is InChI=1S/C28H31NO3/c1-21-18-29(15-14-28(21,2)25-12-7-11-24(17-25)27(30)31)19-23-10-6-13-26(16-23)32-20-22-8-4-3-5-9-22/h3-13,16-17,21H,14-15,18-20H2,1-2H3,(H,30,31). The molecule has 2 atom stereocenters. The van der Waals surface area contributed by atoms with Crippen LogP contribution in [0.5, 0.6) is 5.75 Å². The lowest BCUT2D eigenvalue weighted by Crippen LogP contribution is -2.47. The first kappa shape index (κ1) is 22.1. The van der Waals surface area contributed by atoms with Crippen LogP contribution < -0.4 is 4.74 Å². The summed E-state index contributed by atoms with van der Waals surface area (Å²) in [6, 6.07) is 26.0. The van der Waals surface area contributed by atoms with Crippen molar-refractivity contribution < 1.29 is 14.6 Å². The monoisotopic (exact) mass is 429 g/mol. The number of nitrogens with zero attached hydrogens (tertiary/aromatic N) is 1. The lowest BCUT2D eigenvalue weighted by molar-refractivity contribution is 0.0696. The van der Waals surface area contributed by atoms with Gasteiger partial charge in [0.15, 0.2) is 0 Å². The fourth-order valence-electron chi connectivity index (χ4n) is 4.63. The van der Waals surface area contributed by atoms with Gasteiger partial charge < -0.3 is 9.84 Å². The Morgan fingerprint density at radius 1 is 1.03 bits per heavy atom. The van der Waals surface area contributed by atoms with Crippen LogP contribution in [0.3, 0.4) is 0 Å². The Hall–Kier alpha value is -3.11. The summed E-state index contributed by atoms with van der Waals surface area (Å²) in [5.74, 6) is 0.444. The second-order valence-corrected chi connectivity index (χ2v) is 9.11. The van der Waals surface area contributed by atoms with E-state index < -0.39 is 5.97 Å². The third-order valence-corrected chi connectivity index (χ3v) is 6.89. The largest absolute Gasteiger partial charge is 0.489 e. The first-order valence-electron chi connectivity index (χ1n) is 11.3. The van der Waals surface area contributed by atoms with E-state index in [9.17, 15) is 9.90 Å². The zero-order chi connectivity index (χ0) is 22.6. The van der Waals surface area contributed by atoms with E-state index in [2.05, 4.69) is 55.1 Å². The first-order chi connectivity index (χ1) is 15.4. The summed E-state index contributed by atoms with van der Waals surface area (Å²) in [5, 5.41) is 9.37. The maximum absolute atomic E-state index is 11.4. The predicted octanol–water partition coefficient (Wildman–Crippen LogP) is 5.76. The molecule has 0 bridgehead atoms. The van der Waals surface area contributed by atoms with Crippen LogP contribution in [0.2, 0.25) is 0 Å². The summed E-state index contributed by atoms with van der Waals surface area (Å²) in [6.07, 6.45) is 1.00. The van der Waals surface area contributed by atoms with Crippen LogP contribution >= 0.6 is 0 Å². The van der Waals surface area contributed by atoms with Crippen LogP contribution in [0.15, 0.2) is 78.9 Å². The Morgan fingerprint density at radius 3 is 2.53 bits per heavy atom. The highest BCUT2D eigenvalue weighted by atomic mass is 16.5. The molecule has 3 aromatic rings. The number of rotatable bonds is 7. The number of carboxylic acids is 1. The van der Waals surface area contributed by atoms with Gasteiger partial charge in [-0.15, -0.1) is 0 Å². The molecular weight excluding hydrogens is 398 g/mol. The van der Waals surface area contributed by atoms with Gasteiger partial charge in [0.25, 0.3) is 0 Å². The summed E-state index contributed by atoms with van der Waals surface area (Å²) in [4.78, 5) is 13.9. The van der Waals surface area contributed by atoms with Crippen molar-refractivity contribution in [3.8, 4) is 5.75 Å². The molecule has 0 saturated carbocycles. The smallest absolute Gasteiger partial charge is 0.335 e. The third-order valence-electron chi connectivity index (χ3n) is 6.89. The Morgan fingerprint density at radius 2 is 1.78 bits per heavy atom. The Bertz CT molecular complexity index is 1070. The van der Waals surface area contributed by atoms with E-state index in [4.69, 9.17) is 4.74 Å². The zero-order valence-electron chi connectivity index (χ0n) is 18.8. The van der Waals surface area contributed by atoms with Crippen LogP contribution in [-0.4, -0.2) is 29.1 Å². The number of likely N-dealkylation sites (tertiary alicyclic amines) is 1. The molecule has 4 nitrogen and oxygen atoms in total. The van der Waals surface area contributed by atoms with E-state index in [0.717, 1.165) is 42.9 Å². The minimum Gasteiger partial charge on any atom is -0.489 e. The minimum absolute atomic E-state index is 0.0252. The summed E-state index contributed by atoms with van der Waals surface area (Å²) in [6.45, 7) is 7.96. The van der Waals surface area contributed by atoms with Crippen molar-refractivity contribution in [1.82, 2.24) is 4.90 Å². The molecule has 1 aliphatic heterocycles. The Balaban J connectivity index is 1.39. The predicted molar refractivity (Wildman–Crippen MR) is 127 cm³/mol. The lowest BCUT2D eigenvalue weighted by atomic mass is 9.68. The van der Waals surface area contributed by atoms with Crippen molar-refractivity contribution >= 4 is 5.97 Å². The van der Waals surface area contributed by atoms with Crippen molar-refractivity contribution in [2.45, 2.75) is 38.8 Å². The van der Waals surface area contributed by atoms with Gasteiger partial charge in [-0.05, 0) is 65.3 Å². The fraction of sp³-hybridized carbons (Fsp3) is 0.321. The maximum Gasteiger partial charge on any atom is 0.335 e. The second-order valence-electron chi connectivity index (χ2n) is 9.11. The molecule has 1 aliphatic rings. The van der Waals surface area contributed by atoms with Crippen LogP contribution in [0.25, 0.3) is 0 Å². The van der Waals surface area contributed by atoms with Gasteiger partial charge in [0.1, 0.15) is 12.4 Å². The fourth-order valence-corrected chi connectivity index (χ4v) is 4.63. The van der Waals surface area contributed by atoms with E-state index in [1.807, 2.05) is 36.4 Å². The van der Waals surface area contributed by atoms with Crippen LogP contribution in [0, 0.1) is 5.92 Å². The highest BCUT2D eigenvalue weighted by molar-refractivity contribution is 5.87. The molecule has 0 aromatic heterocycles. The van der Waals surface area contributed by atoms with Gasteiger partial charge in [-0.25, -0.2) is 4.79 Å². The Labute approximate surface area is 190 Å². The van der Waals surface area contributed by atoms with E-state index in [1.54, 1.807) is 6.07 Å². The number of piperidine rings is 1. The molecule has 3 aromatic carbocycles. The molecular formula is C28H31NO3.